The number of carbonyl (C=O) groups is 1. The van der Waals surface area contributed by atoms with E-state index in [9.17, 15) is 4.79 Å². The van der Waals surface area contributed by atoms with Crippen LogP contribution in [0.1, 0.15) is 50.5 Å². The summed E-state index contributed by atoms with van der Waals surface area (Å²) in [5.41, 5.74) is 1.02. The first-order chi connectivity index (χ1) is 13.2. The molecule has 2 heterocycles. The summed E-state index contributed by atoms with van der Waals surface area (Å²) < 4.78 is 11.2. The lowest BCUT2D eigenvalue weighted by molar-refractivity contribution is -0.129. The topological polar surface area (TPSA) is 50.8 Å². The predicted molar refractivity (Wildman–Crippen MR) is 105 cm³/mol. The summed E-state index contributed by atoms with van der Waals surface area (Å²) in [6.07, 6.45) is 9.23. The zero-order valence-corrected chi connectivity index (χ0v) is 16.5. The molecule has 0 spiro atoms. The highest BCUT2D eigenvalue weighted by molar-refractivity contribution is 5.80. The Morgan fingerprint density at radius 1 is 1.22 bits per heavy atom. The van der Waals surface area contributed by atoms with Crippen molar-refractivity contribution in [3.63, 3.8) is 0 Å². The standard InChI is InChI=1S/C22H32N2O3/c1-26-19-7-8-20-17(14-19)13-18(15-27-20)21(25)23-22(9-3-2-4-10-22)16-24-11-5-6-12-24/h7-8,14,18H,2-6,9-13,15-16H2,1H3,(H,23,25). The molecular weight excluding hydrogens is 340 g/mol. The fourth-order valence-corrected chi connectivity index (χ4v) is 4.95. The first-order valence-electron chi connectivity index (χ1n) is 10.5. The fraction of sp³-hybridized carbons (Fsp3) is 0.682. The van der Waals surface area contributed by atoms with Crippen LogP contribution in [0.5, 0.6) is 11.5 Å². The summed E-state index contributed by atoms with van der Waals surface area (Å²) in [5.74, 6) is 1.73. The monoisotopic (exact) mass is 372 g/mol. The largest absolute Gasteiger partial charge is 0.497 e. The number of fused-ring (bicyclic) bond motifs is 1. The van der Waals surface area contributed by atoms with Crippen LogP contribution in [-0.4, -0.2) is 49.7 Å². The average molecular weight is 373 g/mol. The van der Waals surface area contributed by atoms with Crippen molar-refractivity contribution in [1.82, 2.24) is 10.2 Å². The second kappa shape index (κ2) is 8.09. The van der Waals surface area contributed by atoms with E-state index in [1.807, 2.05) is 18.2 Å². The van der Waals surface area contributed by atoms with Crippen molar-refractivity contribution in [2.75, 3.05) is 33.4 Å². The number of likely N-dealkylation sites (tertiary alicyclic amines) is 1. The zero-order chi connectivity index (χ0) is 18.7. The highest BCUT2D eigenvalue weighted by Crippen LogP contribution is 2.33. The van der Waals surface area contributed by atoms with E-state index in [2.05, 4.69) is 10.2 Å². The SMILES string of the molecule is COc1ccc2c(c1)CC(C(=O)NC1(CN3CCCC3)CCCCC1)CO2. The van der Waals surface area contributed by atoms with Gasteiger partial charge < -0.3 is 19.7 Å². The van der Waals surface area contributed by atoms with Crippen molar-refractivity contribution in [1.29, 1.82) is 0 Å². The Morgan fingerprint density at radius 2 is 2.00 bits per heavy atom. The van der Waals surface area contributed by atoms with Crippen LogP contribution in [0.3, 0.4) is 0 Å². The molecule has 1 N–H and O–H groups in total. The molecule has 1 aliphatic carbocycles. The molecule has 148 valence electrons. The van der Waals surface area contributed by atoms with E-state index in [1.165, 1.54) is 45.2 Å². The normalized spacial score (nSPS) is 24.7. The number of nitrogens with zero attached hydrogens (tertiary/aromatic N) is 1. The van der Waals surface area contributed by atoms with Gasteiger partial charge in [0.1, 0.15) is 18.1 Å². The van der Waals surface area contributed by atoms with Gasteiger partial charge in [0.15, 0.2) is 0 Å². The van der Waals surface area contributed by atoms with Crippen molar-refractivity contribution in [2.24, 2.45) is 5.92 Å². The van der Waals surface area contributed by atoms with Gasteiger partial charge in [0.25, 0.3) is 0 Å². The number of hydrogen-bond donors (Lipinski definition) is 1. The second-order valence-corrected chi connectivity index (χ2v) is 8.50. The first-order valence-corrected chi connectivity index (χ1v) is 10.5. The highest BCUT2D eigenvalue weighted by Gasteiger charge is 2.38. The number of nitrogens with one attached hydrogen (secondary N) is 1. The third kappa shape index (κ3) is 4.23. The molecule has 0 bridgehead atoms. The Morgan fingerprint density at radius 3 is 2.74 bits per heavy atom. The van der Waals surface area contributed by atoms with Crippen molar-refractivity contribution in [3.05, 3.63) is 23.8 Å². The third-order valence-corrected chi connectivity index (χ3v) is 6.47. The summed E-state index contributed by atoms with van der Waals surface area (Å²) in [5, 5.41) is 3.50. The van der Waals surface area contributed by atoms with E-state index in [4.69, 9.17) is 9.47 Å². The molecule has 1 atom stereocenters. The van der Waals surface area contributed by atoms with Gasteiger partial charge in [-0.05, 0) is 69.0 Å². The highest BCUT2D eigenvalue weighted by atomic mass is 16.5. The lowest BCUT2D eigenvalue weighted by atomic mass is 9.80. The zero-order valence-electron chi connectivity index (χ0n) is 16.5. The van der Waals surface area contributed by atoms with Crippen LogP contribution in [0.15, 0.2) is 18.2 Å². The number of rotatable bonds is 5. The van der Waals surface area contributed by atoms with Crippen molar-refractivity contribution >= 4 is 5.91 Å². The van der Waals surface area contributed by atoms with Crippen LogP contribution in [0.25, 0.3) is 0 Å². The summed E-state index contributed by atoms with van der Waals surface area (Å²) in [4.78, 5) is 15.7. The molecule has 1 saturated heterocycles. The number of amides is 1. The summed E-state index contributed by atoms with van der Waals surface area (Å²) in [6.45, 7) is 3.83. The van der Waals surface area contributed by atoms with Crippen LogP contribution < -0.4 is 14.8 Å². The minimum Gasteiger partial charge on any atom is -0.497 e. The van der Waals surface area contributed by atoms with Gasteiger partial charge in [0, 0.05) is 6.54 Å². The third-order valence-electron chi connectivity index (χ3n) is 6.47. The van der Waals surface area contributed by atoms with E-state index in [0.717, 1.165) is 42.9 Å². The molecular formula is C22H32N2O3. The Hall–Kier alpha value is -1.75. The quantitative estimate of drug-likeness (QED) is 0.863. The lowest BCUT2D eigenvalue weighted by Crippen LogP contribution is -2.58. The molecule has 0 aromatic heterocycles. The van der Waals surface area contributed by atoms with Gasteiger partial charge in [0.2, 0.25) is 5.91 Å². The van der Waals surface area contributed by atoms with Gasteiger partial charge in [-0.1, -0.05) is 19.3 Å². The summed E-state index contributed by atoms with van der Waals surface area (Å²) >= 11 is 0. The maximum atomic E-state index is 13.2. The average Bonchev–Trinajstić information content (AvgIpc) is 3.20. The minimum absolute atomic E-state index is 0.0473. The molecule has 1 aromatic rings. The summed E-state index contributed by atoms with van der Waals surface area (Å²) in [7, 11) is 1.67. The van der Waals surface area contributed by atoms with Gasteiger partial charge in [-0.3, -0.25) is 4.79 Å². The molecule has 2 aliphatic heterocycles. The van der Waals surface area contributed by atoms with Crippen LogP contribution in [0.2, 0.25) is 0 Å². The van der Waals surface area contributed by atoms with Gasteiger partial charge in [-0.15, -0.1) is 0 Å². The van der Waals surface area contributed by atoms with Gasteiger partial charge in [-0.2, -0.15) is 0 Å². The molecule has 27 heavy (non-hydrogen) atoms. The Kier molecular flexibility index (Phi) is 5.58. The number of methoxy groups -OCH3 is 1. The Balaban J connectivity index is 1.44. The number of hydrogen-bond acceptors (Lipinski definition) is 4. The molecule has 2 fully saturated rings. The lowest BCUT2D eigenvalue weighted by Gasteiger charge is -2.42. The Labute approximate surface area is 162 Å². The van der Waals surface area contributed by atoms with E-state index < -0.39 is 0 Å². The second-order valence-electron chi connectivity index (χ2n) is 8.50. The molecule has 5 nitrogen and oxygen atoms in total. The maximum absolute atomic E-state index is 13.2. The van der Waals surface area contributed by atoms with E-state index in [-0.39, 0.29) is 17.4 Å². The number of benzene rings is 1. The smallest absolute Gasteiger partial charge is 0.227 e. The van der Waals surface area contributed by atoms with Crippen LogP contribution in [-0.2, 0) is 11.2 Å². The molecule has 1 aromatic carbocycles. The fourth-order valence-electron chi connectivity index (χ4n) is 4.95. The van der Waals surface area contributed by atoms with Crippen LogP contribution >= 0.6 is 0 Å². The molecule has 4 rings (SSSR count). The van der Waals surface area contributed by atoms with Crippen molar-refractivity contribution in [2.45, 2.75) is 56.9 Å². The van der Waals surface area contributed by atoms with E-state index in [0.29, 0.717) is 6.61 Å². The molecule has 0 radical (unpaired) electrons. The maximum Gasteiger partial charge on any atom is 0.227 e. The van der Waals surface area contributed by atoms with Crippen molar-refractivity contribution in [3.8, 4) is 11.5 Å². The Bertz CT molecular complexity index is 664. The molecule has 1 saturated carbocycles. The molecule has 1 amide bonds. The number of ether oxygens (including phenoxy) is 2. The molecule has 1 unspecified atom stereocenters. The van der Waals surface area contributed by atoms with E-state index in [1.54, 1.807) is 7.11 Å². The van der Waals surface area contributed by atoms with Gasteiger partial charge >= 0.3 is 0 Å². The van der Waals surface area contributed by atoms with Gasteiger partial charge in [-0.25, -0.2) is 0 Å². The van der Waals surface area contributed by atoms with E-state index >= 15 is 0 Å². The van der Waals surface area contributed by atoms with Crippen LogP contribution in [0, 0.1) is 5.92 Å². The molecule has 3 aliphatic rings. The van der Waals surface area contributed by atoms with Crippen molar-refractivity contribution < 1.29 is 14.3 Å². The number of carbonyl (C=O) groups excluding carboxylic acids is 1. The summed E-state index contributed by atoms with van der Waals surface area (Å²) in [6, 6.07) is 5.85. The van der Waals surface area contributed by atoms with Crippen LogP contribution in [0.4, 0.5) is 0 Å². The first kappa shape index (κ1) is 18.6. The predicted octanol–water partition coefficient (Wildman–Crippen LogP) is 3.16. The van der Waals surface area contributed by atoms with Gasteiger partial charge in [0.05, 0.1) is 18.6 Å². The molecule has 5 heteroatoms. The minimum atomic E-state index is -0.123.